The van der Waals surface area contributed by atoms with Crippen molar-refractivity contribution < 1.29 is 15.0 Å². The molecule has 2 rings (SSSR count). The van der Waals surface area contributed by atoms with Crippen LogP contribution in [0.25, 0.3) is 0 Å². The lowest BCUT2D eigenvalue weighted by molar-refractivity contribution is -0.142. The molecule has 0 aliphatic carbocycles. The van der Waals surface area contributed by atoms with Crippen molar-refractivity contribution >= 4 is 23.3 Å². The Bertz CT molecular complexity index is 434. The fourth-order valence-electron chi connectivity index (χ4n) is 2.41. The minimum Gasteiger partial charge on any atom is -0.481 e. The number of halogens is 1. The van der Waals surface area contributed by atoms with Gasteiger partial charge in [-0.15, -0.1) is 0 Å². The highest BCUT2D eigenvalue weighted by Gasteiger charge is 2.35. The van der Waals surface area contributed by atoms with E-state index in [0.717, 1.165) is 18.7 Å². The summed E-state index contributed by atoms with van der Waals surface area (Å²) in [5, 5.41) is 19.8. The van der Waals surface area contributed by atoms with Gasteiger partial charge in [-0.25, -0.2) is 0 Å². The highest BCUT2D eigenvalue weighted by molar-refractivity contribution is 6.30. The predicted octanol–water partition coefficient (Wildman–Crippen LogP) is 2.15. The van der Waals surface area contributed by atoms with Crippen LogP contribution in [0.1, 0.15) is 19.3 Å². The molecule has 4 nitrogen and oxygen atoms in total. The van der Waals surface area contributed by atoms with Crippen molar-refractivity contribution in [1.82, 2.24) is 0 Å². The smallest absolute Gasteiger partial charge is 0.306 e. The molecule has 1 atom stereocenters. The van der Waals surface area contributed by atoms with Crippen molar-refractivity contribution in [2.45, 2.75) is 24.9 Å². The molecule has 0 bridgehead atoms. The number of aliphatic carboxylic acids is 1. The zero-order valence-electron chi connectivity index (χ0n) is 9.97. The minimum absolute atomic E-state index is 0.211. The van der Waals surface area contributed by atoms with Crippen LogP contribution in [0.4, 0.5) is 5.69 Å². The molecule has 1 aromatic rings. The zero-order chi connectivity index (χ0) is 13.2. The molecule has 1 saturated heterocycles. The summed E-state index contributed by atoms with van der Waals surface area (Å²) >= 11 is 5.83. The van der Waals surface area contributed by atoms with Crippen LogP contribution >= 0.6 is 11.6 Å². The van der Waals surface area contributed by atoms with Crippen LogP contribution in [0.3, 0.4) is 0 Å². The van der Waals surface area contributed by atoms with Gasteiger partial charge in [0.05, 0.1) is 12.0 Å². The van der Waals surface area contributed by atoms with Crippen molar-refractivity contribution in [3.63, 3.8) is 0 Å². The summed E-state index contributed by atoms with van der Waals surface area (Å²) < 4.78 is 0. The maximum Gasteiger partial charge on any atom is 0.306 e. The Hall–Kier alpha value is -1.26. The summed E-state index contributed by atoms with van der Waals surface area (Å²) in [5.41, 5.74) is -0.174. The molecule has 1 fully saturated rings. The van der Waals surface area contributed by atoms with Gasteiger partial charge in [0.2, 0.25) is 0 Å². The number of piperidine rings is 1. The Morgan fingerprint density at radius 2 is 2.06 bits per heavy atom. The quantitative estimate of drug-likeness (QED) is 0.883. The molecule has 5 heteroatoms. The third kappa shape index (κ3) is 3.15. The second-order valence-electron chi connectivity index (χ2n) is 4.80. The molecular formula is C13H16ClNO3. The van der Waals surface area contributed by atoms with Crippen molar-refractivity contribution in [1.29, 1.82) is 0 Å². The van der Waals surface area contributed by atoms with E-state index in [2.05, 4.69) is 0 Å². The number of hydrogen-bond donors (Lipinski definition) is 2. The van der Waals surface area contributed by atoms with E-state index in [0.29, 0.717) is 18.0 Å². The molecule has 0 amide bonds. The van der Waals surface area contributed by atoms with E-state index < -0.39 is 11.6 Å². The van der Waals surface area contributed by atoms with Crippen molar-refractivity contribution in [3.8, 4) is 0 Å². The van der Waals surface area contributed by atoms with Crippen LogP contribution in [0.2, 0.25) is 5.02 Å². The Balaban J connectivity index is 2.11. The summed E-state index contributed by atoms with van der Waals surface area (Å²) in [7, 11) is 0. The molecule has 0 saturated carbocycles. The Morgan fingerprint density at radius 3 is 2.67 bits per heavy atom. The summed E-state index contributed by atoms with van der Waals surface area (Å²) in [6.07, 6.45) is 1.10. The number of β-amino-alcohol motifs (C(OH)–C–C–N with tert-alkyl or cyclic N) is 1. The maximum atomic E-state index is 10.8. The standard InChI is InChI=1S/C13H16ClNO3/c14-10-2-4-11(5-3-10)15-7-1-6-13(18,9-15)8-12(16)17/h2-5,18H,1,6-9H2,(H,16,17). The number of rotatable bonds is 3. The van der Waals surface area contributed by atoms with Gasteiger partial charge < -0.3 is 15.1 Å². The monoisotopic (exact) mass is 269 g/mol. The lowest BCUT2D eigenvalue weighted by Gasteiger charge is -2.39. The second kappa shape index (κ2) is 5.16. The van der Waals surface area contributed by atoms with Gasteiger partial charge in [0.1, 0.15) is 0 Å². The summed E-state index contributed by atoms with van der Waals surface area (Å²) in [5.74, 6) is -0.963. The molecule has 98 valence electrons. The largest absolute Gasteiger partial charge is 0.481 e. The van der Waals surface area contributed by atoms with E-state index in [4.69, 9.17) is 16.7 Å². The lowest BCUT2D eigenvalue weighted by Crippen LogP contribution is -2.49. The summed E-state index contributed by atoms with van der Waals surface area (Å²) in [6.45, 7) is 1.17. The Morgan fingerprint density at radius 1 is 1.39 bits per heavy atom. The van der Waals surface area contributed by atoms with Crippen LogP contribution in [0.15, 0.2) is 24.3 Å². The predicted molar refractivity (Wildman–Crippen MR) is 70.1 cm³/mol. The first kappa shape index (κ1) is 13.2. The average Bonchev–Trinajstić information content (AvgIpc) is 2.28. The minimum atomic E-state index is -1.14. The van der Waals surface area contributed by atoms with Gasteiger partial charge in [0.25, 0.3) is 0 Å². The summed E-state index contributed by atoms with van der Waals surface area (Å²) in [6, 6.07) is 7.35. The number of nitrogens with zero attached hydrogens (tertiary/aromatic N) is 1. The molecule has 18 heavy (non-hydrogen) atoms. The number of aliphatic hydroxyl groups is 1. The molecule has 1 aromatic carbocycles. The Labute approximate surface area is 111 Å². The molecule has 1 aliphatic rings. The first-order valence-corrected chi connectivity index (χ1v) is 6.31. The Kier molecular flexibility index (Phi) is 3.78. The molecular weight excluding hydrogens is 254 g/mol. The third-order valence-electron chi connectivity index (χ3n) is 3.23. The topological polar surface area (TPSA) is 60.8 Å². The van der Waals surface area contributed by atoms with Crippen LogP contribution in [-0.2, 0) is 4.79 Å². The van der Waals surface area contributed by atoms with Crippen molar-refractivity contribution in [2.75, 3.05) is 18.0 Å². The molecule has 0 radical (unpaired) electrons. The normalized spacial score (nSPS) is 24.0. The van der Waals surface area contributed by atoms with Crippen LogP contribution < -0.4 is 4.90 Å². The number of carboxylic acids is 1. The molecule has 0 aromatic heterocycles. The molecule has 1 aliphatic heterocycles. The molecule has 2 N–H and O–H groups in total. The van der Waals surface area contributed by atoms with E-state index in [9.17, 15) is 9.90 Å². The van der Waals surface area contributed by atoms with E-state index in [1.807, 2.05) is 17.0 Å². The van der Waals surface area contributed by atoms with Crippen LogP contribution in [-0.4, -0.2) is 34.9 Å². The first-order valence-electron chi connectivity index (χ1n) is 5.93. The zero-order valence-corrected chi connectivity index (χ0v) is 10.7. The molecule has 0 spiro atoms. The summed E-state index contributed by atoms with van der Waals surface area (Å²) in [4.78, 5) is 12.8. The maximum absolute atomic E-state index is 10.8. The van der Waals surface area contributed by atoms with Gasteiger partial charge in [-0.3, -0.25) is 4.79 Å². The number of benzene rings is 1. The number of carboxylic acid groups (broad SMARTS) is 1. The van der Waals surface area contributed by atoms with Gasteiger partial charge in [-0.05, 0) is 37.1 Å². The average molecular weight is 270 g/mol. The van der Waals surface area contributed by atoms with Gasteiger partial charge >= 0.3 is 5.97 Å². The fourth-order valence-corrected chi connectivity index (χ4v) is 2.54. The number of carbonyl (C=O) groups is 1. The first-order chi connectivity index (χ1) is 8.48. The van der Waals surface area contributed by atoms with Gasteiger partial charge in [-0.2, -0.15) is 0 Å². The van der Waals surface area contributed by atoms with E-state index >= 15 is 0 Å². The third-order valence-corrected chi connectivity index (χ3v) is 3.48. The van der Waals surface area contributed by atoms with E-state index in [1.165, 1.54) is 0 Å². The molecule has 1 heterocycles. The fraction of sp³-hybridized carbons (Fsp3) is 0.462. The van der Waals surface area contributed by atoms with Crippen LogP contribution in [0.5, 0.6) is 0 Å². The van der Waals surface area contributed by atoms with Crippen molar-refractivity contribution in [3.05, 3.63) is 29.3 Å². The van der Waals surface area contributed by atoms with Gasteiger partial charge in [0.15, 0.2) is 0 Å². The number of anilines is 1. The SMILES string of the molecule is O=C(O)CC1(O)CCCN(c2ccc(Cl)cc2)C1. The lowest BCUT2D eigenvalue weighted by atomic mass is 9.89. The van der Waals surface area contributed by atoms with Crippen LogP contribution in [0, 0.1) is 0 Å². The highest BCUT2D eigenvalue weighted by atomic mass is 35.5. The van der Waals surface area contributed by atoms with E-state index in [1.54, 1.807) is 12.1 Å². The van der Waals surface area contributed by atoms with Gasteiger partial charge in [-0.1, -0.05) is 11.6 Å². The second-order valence-corrected chi connectivity index (χ2v) is 5.23. The van der Waals surface area contributed by atoms with Gasteiger partial charge in [0, 0.05) is 23.8 Å². The molecule has 1 unspecified atom stereocenters. The van der Waals surface area contributed by atoms with E-state index in [-0.39, 0.29) is 6.42 Å². The highest BCUT2D eigenvalue weighted by Crippen LogP contribution is 2.29. The number of hydrogen-bond acceptors (Lipinski definition) is 3. The van der Waals surface area contributed by atoms with Crippen molar-refractivity contribution in [2.24, 2.45) is 0 Å².